The first-order chi connectivity index (χ1) is 31.2. The number of aromatic amines is 1. The minimum Gasteiger partial charge on any atom is -0.493 e. The summed E-state index contributed by atoms with van der Waals surface area (Å²) in [7, 11) is 3.35. The van der Waals surface area contributed by atoms with Crippen molar-refractivity contribution in [3.8, 4) is 0 Å². The van der Waals surface area contributed by atoms with Crippen LogP contribution in [0.4, 0.5) is 21.5 Å². The SMILES string of the molecule is C=NCNc1ccc(Sc2cccc(CN3CCN(c4ccc(C(=N)N(C=O)CCC(=O)NC)c(NC)c4)C(C(C)C)C3)c2)cc1F.C=NNC/C(OC(C)C)=C(/c1cn[nH]c1)C(C)C. The highest BCUT2D eigenvalue weighted by Crippen LogP contribution is 2.33. The first-order valence-electron chi connectivity index (χ1n) is 21.9. The number of nitrogens with one attached hydrogen (secondary N) is 6. The van der Waals surface area contributed by atoms with E-state index in [1.54, 1.807) is 26.4 Å². The molecule has 350 valence electrons. The number of allylic oxidation sites excluding steroid dienone is 1. The smallest absolute Gasteiger partial charge is 0.221 e. The average molecular weight is 911 g/mol. The van der Waals surface area contributed by atoms with Crippen LogP contribution in [0.5, 0.6) is 0 Å². The molecule has 1 unspecified atom stereocenters. The number of aliphatic imine (C=N–C) groups is 1. The van der Waals surface area contributed by atoms with Crippen LogP contribution < -0.4 is 26.3 Å². The van der Waals surface area contributed by atoms with Gasteiger partial charge in [-0.25, -0.2) is 4.39 Å². The minimum atomic E-state index is -0.317. The maximum Gasteiger partial charge on any atom is 0.221 e. The summed E-state index contributed by atoms with van der Waals surface area (Å²) in [6.45, 7) is 23.9. The van der Waals surface area contributed by atoms with E-state index in [2.05, 4.69) is 111 Å². The van der Waals surface area contributed by atoms with Crippen LogP contribution in [0.2, 0.25) is 0 Å². The van der Waals surface area contributed by atoms with E-state index in [1.165, 1.54) is 28.3 Å². The lowest BCUT2D eigenvalue weighted by atomic mass is 9.96. The number of carbonyl (C=O) groups is 2. The number of hydrogen-bond donors (Lipinski definition) is 6. The van der Waals surface area contributed by atoms with Crippen LogP contribution in [0.25, 0.3) is 5.57 Å². The second kappa shape index (κ2) is 25.9. The van der Waals surface area contributed by atoms with E-state index in [0.717, 1.165) is 64.2 Å². The monoisotopic (exact) mass is 911 g/mol. The average Bonchev–Trinajstić information content (AvgIpc) is 3.82. The summed E-state index contributed by atoms with van der Waals surface area (Å²) in [4.78, 5) is 35.2. The summed E-state index contributed by atoms with van der Waals surface area (Å²) >= 11 is 1.54. The highest BCUT2D eigenvalue weighted by Gasteiger charge is 2.30. The van der Waals surface area contributed by atoms with Crippen molar-refractivity contribution >= 4 is 66.0 Å². The van der Waals surface area contributed by atoms with Crippen molar-refractivity contribution in [1.82, 2.24) is 30.7 Å². The van der Waals surface area contributed by atoms with Gasteiger partial charge in [-0.3, -0.25) is 34.9 Å². The van der Waals surface area contributed by atoms with Crippen molar-refractivity contribution in [3.63, 3.8) is 0 Å². The van der Waals surface area contributed by atoms with E-state index in [4.69, 9.17) is 10.1 Å². The molecule has 0 spiro atoms. The number of aromatic nitrogens is 2. The molecule has 2 amide bonds. The topological polar surface area (TPSA) is 178 Å². The molecule has 0 aliphatic carbocycles. The second-order valence-electron chi connectivity index (χ2n) is 16.4. The van der Waals surface area contributed by atoms with Gasteiger partial charge in [0.15, 0.2) is 0 Å². The number of H-pyrrole nitrogens is 1. The molecule has 4 aromatic rings. The molecule has 1 aliphatic rings. The minimum absolute atomic E-state index is 0.0469. The molecule has 1 aromatic heterocycles. The summed E-state index contributed by atoms with van der Waals surface area (Å²) in [6.07, 6.45) is 4.52. The maximum atomic E-state index is 14.5. The normalized spacial score (nSPS) is 14.2. The highest BCUT2D eigenvalue weighted by molar-refractivity contribution is 7.99. The van der Waals surface area contributed by atoms with E-state index in [9.17, 15) is 14.0 Å². The standard InChI is InChI=1S/C35H45FN8O2S.C13H22N4O/c1-24(2)33-21-42(20-25-7-6-8-27(17-25)47-28-10-12-31(30(36)19-28)41-22-38-3)15-16-44(33)26-9-11-29(32(18-26)39-4)35(37)43(23-45)14-13-34(46)40-5;1-9(2)13(11-6-16-17-7-11)12(8-15-14-5)18-10(3)4/h6-12,17-19,23-24,33,37,39,41H,3,13-16,20-22H2,1-2,4-5H3,(H,40,46);6-7,9-10,15H,5,8H2,1-4H3,(H,16,17)/b;13-12-. The van der Waals surface area contributed by atoms with Gasteiger partial charge in [0.25, 0.3) is 0 Å². The molecule has 0 bridgehead atoms. The molecule has 5 rings (SSSR count). The van der Waals surface area contributed by atoms with E-state index in [0.29, 0.717) is 36.0 Å². The van der Waals surface area contributed by atoms with Crippen molar-refractivity contribution in [1.29, 1.82) is 5.41 Å². The van der Waals surface area contributed by atoms with Crippen molar-refractivity contribution in [2.75, 3.05) is 69.0 Å². The lowest BCUT2D eigenvalue weighted by Gasteiger charge is -2.45. The third-order valence-corrected chi connectivity index (χ3v) is 11.7. The molecule has 3 aromatic carbocycles. The predicted octanol–water partition coefficient (Wildman–Crippen LogP) is 7.76. The number of piperazine rings is 1. The Morgan fingerprint density at radius 1 is 1.06 bits per heavy atom. The zero-order valence-electron chi connectivity index (χ0n) is 39.1. The molecule has 1 saturated heterocycles. The van der Waals surface area contributed by atoms with Crippen LogP contribution in [0, 0.1) is 23.1 Å². The Morgan fingerprint density at radius 3 is 2.45 bits per heavy atom. The Balaban J connectivity index is 0.000000430. The fourth-order valence-corrected chi connectivity index (χ4v) is 8.45. The van der Waals surface area contributed by atoms with Crippen LogP contribution in [-0.4, -0.2) is 117 Å². The second-order valence-corrected chi connectivity index (χ2v) is 17.5. The van der Waals surface area contributed by atoms with E-state index in [-0.39, 0.29) is 49.3 Å². The molecule has 15 nitrogen and oxygen atoms in total. The molecular formula is C48H67FN12O3S. The Hall–Kier alpha value is -6.20. The number of hydrogen-bond acceptors (Lipinski definition) is 13. The first-order valence-corrected chi connectivity index (χ1v) is 22.7. The van der Waals surface area contributed by atoms with Crippen molar-refractivity contribution in [2.24, 2.45) is 21.9 Å². The summed E-state index contributed by atoms with van der Waals surface area (Å²) in [5.74, 6) is 1.15. The Morgan fingerprint density at radius 2 is 1.83 bits per heavy atom. The highest BCUT2D eigenvalue weighted by atomic mass is 32.2. The Labute approximate surface area is 388 Å². The maximum absolute atomic E-state index is 14.5. The van der Waals surface area contributed by atoms with Crippen LogP contribution >= 0.6 is 11.8 Å². The number of rotatable bonds is 22. The molecule has 1 aliphatic heterocycles. The quantitative estimate of drug-likeness (QED) is 0.0150. The Kier molecular flexibility index (Phi) is 20.5. The molecule has 2 heterocycles. The number of benzene rings is 3. The first kappa shape index (κ1) is 51.4. The molecule has 65 heavy (non-hydrogen) atoms. The van der Waals surface area contributed by atoms with Crippen LogP contribution in [-0.2, 0) is 20.9 Å². The van der Waals surface area contributed by atoms with Gasteiger partial charge in [0.2, 0.25) is 12.3 Å². The largest absolute Gasteiger partial charge is 0.493 e. The lowest BCUT2D eigenvalue weighted by Crippen LogP contribution is -2.55. The van der Waals surface area contributed by atoms with Crippen LogP contribution in [0.15, 0.2) is 98.7 Å². The number of ether oxygens (including phenoxy) is 1. The van der Waals surface area contributed by atoms with E-state index >= 15 is 0 Å². The number of amides is 2. The van der Waals surface area contributed by atoms with Crippen LogP contribution in [0.1, 0.15) is 64.7 Å². The zero-order chi connectivity index (χ0) is 47.5. The number of amidine groups is 1. The van der Waals surface area contributed by atoms with Gasteiger partial charge < -0.3 is 31.0 Å². The summed E-state index contributed by atoms with van der Waals surface area (Å²) in [5, 5.41) is 27.8. The van der Waals surface area contributed by atoms with Crippen LogP contribution in [0.3, 0.4) is 0 Å². The fourth-order valence-electron chi connectivity index (χ4n) is 7.52. The van der Waals surface area contributed by atoms with Gasteiger partial charge in [-0.05, 0) is 86.5 Å². The zero-order valence-corrected chi connectivity index (χ0v) is 39.9. The van der Waals surface area contributed by atoms with Gasteiger partial charge in [0, 0.05) is 110 Å². The van der Waals surface area contributed by atoms with Crippen molar-refractivity contribution in [2.45, 2.75) is 76.4 Å². The molecule has 6 N–H and O–H groups in total. The summed E-state index contributed by atoms with van der Waals surface area (Å²) in [6, 6.07) is 19.8. The van der Waals surface area contributed by atoms with Gasteiger partial charge in [0.1, 0.15) is 24.1 Å². The number of hydrazone groups is 1. The number of anilines is 3. The molecule has 17 heteroatoms. The van der Waals surface area contributed by atoms with Gasteiger partial charge in [0.05, 0.1) is 24.5 Å². The molecule has 0 saturated carbocycles. The fraction of sp³-hybridized carbons (Fsp3) is 0.417. The van der Waals surface area contributed by atoms with Crippen molar-refractivity contribution in [3.05, 3.63) is 101 Å². The molecule has 0 radical (unpaired) electrons. The predicted molar refractivity (Wildman–Crippen MR) is 265 cm³/mol. The van der Waals surface area contributed by atoms with E-state index in [1.807, 2.05) is 50.4 Å². The molecule has 1 atom stereocenters. The summed E-state index contributed by atoms with van der Waals surface area (Å²) in [5.41, 5.74) is 9.05. The molecular weight excluding hydrogens is 844 g/mol. The number of halogens is 1. The lowest BCUT2D eigenvalue weighted by molar-refractivity contribution is -0.121. The molecule has 1 fully saturated rings. The third kappa shape index (κ3) is 15.2. The third-order valence-electron chi connectivity index (χ3n) is 10.7. The Bertz CT molecular complexity index is 2210. The van der Waals surface area contributed by atoms with Gasteiger partial charge in [-0.2, -0.15) is 10.2 Å². The van der Waals surface area contributed by atoms with E-state index < -0.39 is 0 Å². The number of carbonyl (C=O) groups excluding carboxylic acids is 2. The van der Waals surface area contributed by atoms with Crippen molar-refractivity contribution < 1.29 is 18.7 Å². The van der Waals surface area contributed by atoms with Gasteiger partial charge >= 0.3 is 0 Å². The summed E-state index contributed by atoms with van der Waals surface area (Å²) < 4.78 is 20.4. The van der Waals surface area contributed by atoms with Gasteiger partial charge in [-0.15, -0.1) is 0 Å². The van der Waals surface area contributed by atoms with Gasteiger partial charge in [-0.1, -0.05) is 51.6 Å². The number of nitrogens with zero attached hydrogens (tertiary/aromatic N) is 6.